The first kappa shape index (κ1) is 16.4. The lowest BCUT2D eigenvalue weighted by molar-refractivity contribution is -0.131. The maximum Gasteiger partial charge on any atom is 0.226 e. The zero-order valence-electron chi connectivity index (χ0n) is 14.0. The monoisotopic (exact) mass is 322 g/mol. The van der Waals surface area contributed by atoms with E-state index in [2.05, 4.69) is 15.0 Å². The van der Waals surface area contributed by atoms with E-state index in [0.717, 1.165) is 45.7 Å². The van der Waals surface area contributed by atoms with Crippen LogP contribution in [0.5, 0.6) is 0 Å². The number of nitrogens with zero attached hydrogens (tertiary/aromatic N) is 4. The number of aryl methyl sites for hydroxylation is 1. The third-order valence-electron chi connectivity index (χ3n) is 4.76. The van der Waals surface area contributed by atoms with Gasteiger partial charge in [-0.3, -0.25) is 4.79 Å². The second-order valence-electron chi connectivity index (χ2n) is 6.54. The standard InChI is InChI=1S/C16H26N4O3/c1-3-16-17-15(18-23-16)10-20(12(2)21)14-4-6-19(9-14)8-13-5-7-22-11-13/h13-14H,3-11H2,1-2H3/t13-,14-/m0/s1. The number of amides is 1. The molecule has 1 amide bonds. The first-order valence-electron chi connectivity index (χ1n) is 8.54. The average Bonchev–Trinajstić information content (AvgIpc) is 3.26. The third kappa shape index (κ3) is 4.09. The van der Waals surface area contributed by atoms with Gasteiger partial charge in [-0.2, -0.15) is 4.98 Å². The van der Waals surface area contributed by atoms with Crippen molar-refractivity contribution in [1.82, 2.24) is 19.9 Å². The smallest absolute Gasteiger partial charge is 0.226 e. The molecule has 128 valence electrons. The Morgan fingerprint density at radius 3 is 2.96 bits per heavy atom. The van der Waals surface area contributed by atoms with Gasteiger partial charge in [-0.25, -0.2) is 0 Å². The van der Waals surface area contributed by atoms with Crippen molar-refractivity contribution >= 4 is 5.91 Å². The first-order chi connectivity index (χ1) is 11.2. The average molecular weight is 322 g/mol. The predicted molar refractivity (Wildman–Crippen MR) is 83.7 cm³/mol. The molecule has 3 rings (SSSR count). The molecular weight excluding hydrogens is 296 g/mol. The maximum absolute atomic E-state index is 12.1. The lowest BCUT2D eigenvalue weighted by Gasteiger charge is -2.27. The van der Waals surface area contributed by atoms with E-state index in [4.69, 9.17) is 9.26 Å². The van der Waals surface area contributed by atoms with Crippen molar-refractivity contribution in [2.75, 3.05) is 32.8 Å². The minimum atomic E-state index is 0.0731. The van der Waals surface area contributed by atoms with E-state index >= 15 is 0 Å². The Bertz CT molecular complexity index is 527. The molecule has 1 aromatic heterocycles. The molecule has 2 aliphatic rings. The van der Waals surface area contributed by atoms with Crippen LogP contribution in [-0.2, 0) is 22.5 Å². The molecule has 0 aliphatic carbocycles. The topological polar surface area (TPSA) is 71.7 Å². The fourth-order valence-corrected chi connectivity index (χ4v) is 3.47. The number of rotatable bonds is 6. The Morgan fingerprint density at radius 2 is 2.30 bits per heavy atom. The van der Waals surface area contributed by atoms with E-state index in [1.807, 2.05) is 11.8 Å². The summed E-state index contributed by atoms with van der Waals surface area (Å²) < 4.78 is 10.6. The van der Waals surface area contributed by atoms with Crippen LogP contribution in [0, 0.1) is 5.92 Å². The second-order valence-corrected chi connectivity index (χ2v) is 6.54. The Hall–Kier alpha value is -1.47. The Morgan fingerprint density at radius 1 is 1.43 bits per heavy atom. The molecular formula is C16H26N4O3. The van der Waals surface area contributed by atoms with Gasteiger partial charge in [-0.05, 0) is 18.8 Å². The number of carbonyl (C=O) groups excluding carboxylic acids is 1. The van der Waals surface area contributed by atoms with Crippen LogP contribution < -0.4 is 0 Å². The Labute approximate surface area is 137 Å². The molecule has 2 aliphatic heterocycles. The summed E-state index contributed by atoms with van der Waals surface area (Å²) >= 11 is 0. The molecule has 0 radical (unpaired) electrons. The van der Waals surface area contributed by atoms with E-state index in [1.54, 1.807) is 6.92 Å². The van der Waals surface area contributed by atoms with E-state index in [0.29, 0.717) is 30.6 Å². The van der Waals surface area contributed by atoms with Crippen molar-refractivity contribution in [2.45, 2.75) is 45.7 Å². The van der Waals surface area contributed by atoms with E-state index in [1.165, 1.54) is 0 Å². The van der Waals surface area contributed by atoms with Crippen LogP contribution in [0.3, 0.4) is 0 Å². The minimum absolute atomic E-state index is 0.0731. The number of aromatic nitrogens is 2. The number of likely N-dealkylation sites (tertiary alicyclic amines) is 1. The number of hydrogen-bond donors (Lipinski definition) is 0. The molecule has 0 saturated carbocycles. The minimum Gasteiger partial charge on any atom is -0.381 e. The molecule has 0 spiro atoms. The van der Waals surface area contributed by atoms with Crippen molar-refractivity contribution in [1.29, 1.82) is 0 Å². The molecule has 0 unspecified atom stereocenters. The summed E-state index contributed by atoms with van der Waals surface area (Å²) in [7, 11) is 0. The van der Waals surface area contributed by atoms with Crippen molar-refractivity contribution in [3.8, 4) is 0 Å². The summed E-state index contributed by atoms with van der Waals surface area (Å²) in [5, 5.41) is 3.97. The SMILES string of the molecule is CCc1nc(CN(C(C)=O)[C@H]2CCN(C[C@@H]3CCOC3)C2)no1. The number of carbonyl (C=O) groups is 1. The van der Waals surface area contributed by atoms with Crippen LogP contribution in [0.4, 0.5) is 0 Å². The van der Waals surface area contributed by atoms with Gasteiger partial charge in [0.25, 0.3) is 0 Å². The quantitative estimate of drug-likeness (QED) is 0.781. The Balaban J connectivity index is 1.56. The molecule has 0 bridgehead atoms. The molecule has 7 heteroatoms. The van der Waals surface area contributed by atoms with E-state index < -0.39 is 0 Å². The summed E-state index contributed by atoms with van der Waals surface area (Å²) in [4.78, 5) is 20.7. The van der Waals surface area contributed by atoms with Crippen molar-refractivity contribution in [2.24, 2.45) is 5.92 Å². The Kier molecular flexibility index (Phi) is 5.27. The third-order valence-corrected chi connectivity index (χ3v) is 4.76. The van der Waals surface area contributed by atoms with Crippen molar-refractivity contribution in [3.05, 3.63) is 11.7 Å². The zero-order chi connectivity index (χ0) is 16.2. The molecule has 23 heavy (non-hydrogen) atoms. The molecule has 2 saturated heterocycles. The second kappa shape index (κ2) is 7.40. The molecule has 0 N–H and O–H groups in total. The molecule has 2 atom stereocenters. The van der Waals surface area contributed by atoms with Crippen LogP contribution in [0.2, 0.25) is 0 Å². The van der Waals surface area contributed by atoms with Crippen LogP contribution in [0.1, 0.15) is 38.4 Å². The molecule has 7 nitrogen and oxygen atoms in total. The van der Waals surface area contributed by atoms with E-state index in [9.17, 15) is 4.79 Å². The summed E-state index contributed by atoms with van der Waals surface area (Å²) in [5.41, 5.74) is 0. The van der Waals surface area contributed by atoms with Crippen LogP contribution in [0.25, 0.3) is 0 Å². The van der Waals surface area contributed by atoms with Gasteiger partial charge in [-0.1, -0.05) is 12.1 Å². The van der Waals surface area contributed by atoms with Crippen molar-refractivity contribution in [3.63, 3.8) is 0 Å². The normalized spacial score (nSPS) is 25.1. The lowest BCUT2D eigenvalue weighted by atomic mass is 10.1. The van der Waals surface area contributed by atoms with Crippen molar-refractivity contribution < 1.29 is 14.1 Å². The maximum atomic E-state index is 12.1. The van der Waals surface area contributed by atoms with Gasteiger partial charge >= 0.3 is 0 Å². The zero-order valence-corrected chi connectivity index (χ0v) is 14.0. The van der Waals surface area contributed by atoms with Gasteiger partial charge in [0.1, 0.15) is 0 Å². The summed E-state index contributed by atoms with van der Waals surface area (Å²) in [6, 6.07) is 0.235. The highest BCUT2D eigenvalue weighted by Gasteiger charge is 2.31. The summed E-state index contributed by atoms with van der Waals surface area (Å²) in [6.07, 6.45) is 2.87. The van der Waals surface area contributed by atoms with Gasteiger partial charge in [0.2, 0.25) is 11.8 Å². The highest BCUT2D eigenvalue weighted by atomic mass is 16.5. The van der Waals surface area contributed by atoms with Gasteiger partial charge in [-0.15, -0.1) is 0 Å². The van der Waals surface area contributed by atoms with Crippen LogP contribution in [-0.4, -0.2) is 64.7 Å². The van der Waals surface area contributed by atoms with Gasteiger partial charge in [0.05, 0.1) is 13.2 Å². The molecule has 2 fully saturated rings. The number of ether oxygens (including phenoxy) is 1. The number of hydrogen-bond acceptors (Lipinski definition) is 6. The largest absolute Gasteiger partial charge is 0.381 e. The van der Waals surface area contributed by atoms with Gasteiger partial charge in [0, 0.05) is 45.6 Å². The fraction of sp³-hybridized carbons (Fsp3) is 0.812. The fourth-order valence-electron chi connectivity index (χ4n) is 3.47. The highest BCUT2D eigenvalue weighted by Crippen LogP contribution is 2.21. The summed E-state index contributed by atoms with van der Waals surface area (Å²) in [6.45, 7) is 8.83. The molecule has 0 aromatic carbocycles. The van der Waals surface area contributed by atoms with Crippen LogP contribution >= 0.6 is 0 Å². The van der Waals surface area contributed by atoms with Gasteiger partial charge < -0.3 is 19.1 Å². The lowest BCUT2D eigenvalue weighted by Crippen LogP contribution is -2.41. The van der Waals surface area contributed by atoms with Gasteiger partial charge in [0.15, 0.2) is 5.82 Å². The summed E-state index contributed by atoms with van der Waals surface area (Å²) in [5.74, 6) is 1.94. The molecule has 3 heterocycles. The first-order valence-corrected chi connectivity index (χ1v) is 8.54. The van der Waals surface area contributed by atoms with Crippen LogP contribution in [0.15, 0.2) is 4.52 Å². The molecule has 1 aromatic rings. The predicted octanol–water partition coefficient (Wildman–Crippen LogP) is 1.09. The van der Waals surface area contributed by atoms with E-state index in [-0.39, 0.29) is 11.9 Å². The highest BCUT2D eigenvalue weighted by molar-refractivity contribution is 5.73.